The van der Waals surface area contributed by atoms with Gasteiger partial charge in [-0.15, -0.1) is 6.58 Å². The third-order valence-corrected chi connectivity index (χ3v) is 3.96. The zero-order valence-corrected chi connectivity index (χ0v) is 13.7. The number of fused-ring (bicyclic) bond motifs is 1. The molecule has 1 aromatic rings. The fourth-order valence-electron chi connectivity index (χ4n) is 2.63. The number of aliphatic hydroxyl groups excluding tert-OH is 1. The van der Waals surface area contributed by atoms with Crippen molar-refractivity contribution in [1.29, 1.82) is 0 Å². The van der Waals surface area contributed by atoms with Crippen LogP contribution in [0.2, 0.25) is 0 Å². The number of aryl methyl sites for hydroxylation is 1. The maximum absolute atomic E-state index is 12.5. The van der Waals surface area contributed by atoms with E-state index in [4.69, 9.17) is 9.47 Å². The Hall–Kier alpha value is -2.40. The van der Waals surface area contributed by atoms with E-state index in [1.54, 1.807) is 32.9 Å². The van der Waals surface area contributed by atoms with Gasteiger partial charge < -0.3 is 14.6 Å². The lowest BCUT2D eigenvalue weighted by Crippen LogP contribution is -2.31. The van der Waals surface area contributed by atoms with E-state index in [0.717, 1.165) is 0 Å². The summed E-state index contributed by atoms with van der Waals surface area (Å²) in [6.07, 6.45) is 1.54. The Morgan fingerprint density at radius 3 is 2.48 bits per heavy atom. The number of carbonyl (C=O) groups excluding carboxylic acids is 2. The molecule has 1 aliphatic carbocycles. The number of rotatable bonds is 5. The first-order valence-corrected chi connectivity index (χ1v) is 7.17. The maximum atomic E-state index is 12.5. The normalized spacial score (nSPS) is 14.8. The highest BCUT2D eigenvalue weighted by Crippen LogP contribution is 2.40. The Morgan fingerprint density at radius 1 is 1.26 bits per heavy atom. The van der Waals surface area contributed by atoms with Crippen molar-refractivity contribution in [2.45, 2.75) is 20.8 Å². The molecule has 0 fully saturated rings. The Bertz CT molecular complexity index is 725. The van der Waals surface area contributed by atoms with Crippen LogP contribution in [0.5, 0.6) is 5.75 Å². The highest BCUT2D eigenvalue weighted by atomic mass is 16.7. The summed E-state index contributed by atoms with van der Waals surface area (Å²) in [5.41, 5.74) is 0.404. The zero-order chi connectivity index (χ0) is 17.4. The van der Waals surface area contributed by atoms with E-state index in [1.807, 2.05) is 0 Å². The number of methoxy groups -OCH3 is 1. The van der Waals surface area contributed by atoms with Gasteiger partial charge >= 0.3 is 0 Å². The fraction of sp³-hybridized carbons (Fsp3) is 0.333. The SMILES string of the molecule is C=CC(C)(C)C1=C(O)c2c(C)cc(OCOC)cc2C(=O)C1=O. The molecule has 0 aliphatic heterocycles. The van der Waals surface area contributed by atoms with Crippen molar-refractivity contribution >= 4 is 17.3 Å². The number of benzene rings is 1. The smallest absolute Gasteiger partial charge is 0.234 e. The lowest BCUT2D eigenvalue weighted by atomic mass is 9.74. The Balaban J connectivity index is 2.69. The van der Waals surface area contributed by atoms with E-state index in [9.17, 15) is 14.7 Å². The molecule has 1 aliphatic rings. The van der Waals surface area contributed by atoms with Gasteiger partial charge in [0.15, 0.2) is 6.79 Å². The van der Waals surface area contributed by atoms with Crippen LogP contribution in [-0.2, 0) is 9.53 Å². The topological polar surface area (TPSA) is 72.8 Å². The molecule has 0 heterocycles. The lowest BCUT2D eigenvalue weighted by Gasteiger charge is -2.28. The molecule has 122 valence electrons. The number of aliphatic hydroxyl groups is 1. The van der Waals surface area contributed by atoms with Crippen LogP contribution in [0.3, 0.4) is 0 Å². The molecule has 0 unspecified atom stereocenters. The highest BCUT2D eigenvalue weighted by Gasteiger charge is 2.40. The number of carbonyl (C=O) groups is 2. The number of hydrogen-bond acceptors (Lipinski definition) is 5. The summed E-state index contributed by atoms with van der Waals surface area (Å²) in [7, 11) is 1.48. The van der Waals surface area contributed by atoms with Crippen LogP contribution in [0.4, 0.5) is 0 Å². The summed E-state index contributed by atoms with van der Waals surface area (Å²) in [6, 6.07) is 3.14. The summed E-state index contributed by atoms with van der Waals surface area (Å²) >= 11 is 0. The standard InChI is InChI=1S/C18H20O5/c1-6-18(3,4)14-16(20)13-10(2)7-11(23-9-22-5)8-12(13)15(19)17(14)21/h6-8,20H,1,9H2,2-5H3. The van der Waals surface area contributed by atoms with E-state index >= 15 is 0 Å². The Labute approximate surface area is 135 Å². The largest absolute Gasteiger partial charge is 0.507 e. The lowest BCUT2D eigenvalue weighted by molar-refractivity contribution is -0.112. The maximum Gasteiger partial charge on any atom is 0.234 e. The molecule has 0 atom stereocenters. The van der Waals surface area contributed by atoms with Gasteiger partial charge in [0.05, 0.1) is 5.57 Å². The molecule has 5 heteroatoms. The second kappa shape index (κ2) is 6.01. The number of ether oxygens (including phenoxy) is 2. The van der Waals surface area contributed by atoms with Gasteiger partial charge in [-0.3, -0.25) is 9.59 Å². The van der Waals surface area contributed by atoms with Crippen LogP contribution in [0.15, 0.2) is 30.4 Å². The van der Waals surface area contributed by atoms with Gasteiger partial charge in [-0.25, -0.2) is 0 Å². The van der Waals surface area contributed by atoms with E-state index in [0.29, 0.717) is 16.9 Å². The average molecular weight is 316 g/mol. The van der Waals surface area contributed by atoms with Gasteiger partial charge in [0.1, 0.15) is 11.5 Å². The summed E-state index contributed by atoms with van der Waals surface area (Å²) in [5, 5.41) is 10.6. The Kier molecular flexibility index (Phi) is 4.43. The van der Waals surface area contributed by atoms with E-state index in [-0.39, 0.29) is 23.7 Å². The van der Waals surface area contributed by atoms with Crippen LogP contribution in [0.25, 0.3) is 5.76 Å². The van der Waals surface area contributed by atoms with Crippen molar-refractivity contribution in [3.8, 4) is 5.75 Å². The molecule has 1 N–H and O–H groups in total. The van der Waals surface area contributed by atoms with Crippen LogP contribution in [0, 0.1) is 12.3 Å². The van der Waals surface area contributed by atoms with Crippen molar-refractivity contribution in [3.05, 3.63) is 47.1 Å². The van der Waals surface area contributed by atoms with E-state index in [1.165, 1.54) is 13.2 Å². The third-order valence-electron chi connectivity index (χ3n) is 3.96. The molecule has 1 aromatic carbocycles. The van der Waals surface area contributed by atoms with Gasteiger partial charge in [-0.2, -0.15) is 0 Å². The van der Waals surface area contributed by atoms with Gasteiger partial charge in [0.2, 0.25) is 11.6 Å². The molecular formula is C18H20O5. The summed E-state index contributed by atoms with van der Waals surface area (Å²) < 4.78 is 10.2. The van der Waals surface area contributed by atoms with E-state index in [2.05, 4.69) is 6.58 Å². The quantitative estimate of drug-likeness (QED) is 0.513. The van der Waals surface area contributed by atoms with Crippen molar-refractivity contribution in [2.24, 2.45) is 5.41 Å². The molecule has 0 bridgehead atoms. The third kappa shape index (κ3) is 2.80. The van der Waals surface area contributed by atoms with Crippen LogP contribution < -0.4 is 4.74 Å². The van der Waals surface area contributed by atoms with Crippen molar-refractivity contribution < 1.29 is 24.2 Å². The molecule has 0 radical (unpaired) electrons. The predicted octanol–water partition coefficient (Wildman–Crippen LogP) is 3.22. The molecule has 0 spiro atoms. The first-order valence-electron chi connectivity index (χ1n) is 7.17. The molecule has 23 heavy (non-hydrogen) atoms. The highest BCUT2D eigenvalue weighted by molar-refractivity contribution is 6.52. The molecule has 0 saturated heterocycles. The summed E-state index contributed by atoms with van der Waals surface area (Å²) in [4.78, 5) is 25.0. The molecule has 0 aromatic heterocycles. The molecule has 0 saturated carbocycles. The number of allylic oxidation sites excluding steroid dienone is 2. The predicted molar refractivity (Wildman–Crippen MR) is 86.5 cm³/mol. The van der Waals surface area contributed by atoms with Crippen LogP contribution in [-0.4, -0.2) is 30.6 Å². The molecular weight excluding hydrogens is 296 g/mol. The second-order valence-corrected chi connectivity index (χ2v) is 6.02. The fourth-order valence-corrected chi connectivity index (χ4v) is 2.63. The summed E-state index contributed by atoms with van der Waals surface area (Å²) in [6.45, 7) is 8.91. The number of ketones is 2. The zero-order valence-electron chi connectivity index (χ0n) is 13.7. The van der Waals surface area contributed by atoms with Crippen molar-refractivity contribution in [3.63, 3.8) is 0 Å². The number of hydrogen-bond donors (Lipinski definition) is 1. The van der Waals surface area contributed by atoms with Crippen molar-refractivity contribution in [2.75, 3.05) is 13.9 Å². The van der Waals surface area contributed by atoms with Crippen LogP contribution >= 0.6 is 0 Å². The second-order valence-electron chi connectivity index (χ2n) is 6.02. The average Bonchev–Trinajstić information content (AvgIpc) is 2.50. The van der Waals surface area contributed by atoms with Gasteiger partial charge in [-0.05, 0) is 24.6 Å². The molecule has 2 rings (SSSR count). The van der Waals surface area contributed by atoms with Crippen LogP contribution in [0.1, 0.15) is 35.3 Å². The first kappa shape index (κ1) is 17.0. The van der Waals surface area contributed by atoms with E-state index < -0.39 is 17.0 Å². The first-order chi connectivity index (χ1) is 10.7. The van der Waals surface area contributed by atoms with Crippen molar-refractivity contribution in [1.82, 2.24) is 0 Å². The van der Waals surface area contributed by atoms with Gasteiger partial charge in [0, 0.05) is 23.7 Å². The number of Topliss-reactive ketones (excluding diaryl/α,β-unsaturated/α-hetero) is 2. The van der Waals surface area contributed by atoms with Gasteiger partial charge in [0.25, 0.3) is 0 Å². The minimum atomic E-state index is -0.813. The summed E-state index contributed by atoms with van der Waals surface area (Å²) in [5.74, 6) is -1.15. The molecule has 0 amide bonds. The molecule has 5 nitrogen and oxygen atoms in total. The van der Waals surface area contributed by atoms with Gasteiger partial charge in [-0.1, -0.05) is 19.9 Å². The minimum Gasteiger partial charge on any atom is -0.507 e. The Morgan fingerprint density at radius 2 is 1.91 bits per heavy atom. The minimum absolute atomic E-state index is 0.0247. The monoisotopic (exact) mass is 316 g/mol.